The molecule has 0 spiro atoms. The first-order valence-electron chi connectivity index (χ1n) is 6.90. The minimum atomic E-state index is 0.152. The summed E-state index contributed by atoms with van der Waals surface area (Å²) in [4.78, 5) is 15.8. The van der Waals surface area contributed by atoms with Crippen LogP contribution >= 0.6 is 0 Å². The van der Waals surface area contributed by atoms with E-state index in [1.807, 2.05) is 48.9 Å². The lowest BCUT2D eigenvalue weighted by molar-refractivity contribution is -0.131. The zero-order chi connectivity index (χ0) is 15.1. The minimum Gasteiger partial charge on any atom is -0.495 e. The van der Waals surface area contributed by atoms with Gasteiger partial charge < -0.3 is 15.4 Å². The molecule has 1 rings (SSSR count). The molecule has 1 aromatic rings. The molecule has 0 aromatic heterocycles. The molecule has 20 heavy (non-hydrogen) atoms. The van der Waals surface area contributed by atoms with Gasteiger partial charge in [-0.15, -0.1) is 0 Å². The molecular formula is C15H25N3O2. The summed E-state index contributed by atoms with van der Waals surface area (Å²) in [6.45, 7) is 6.57. The van der Waals surface area contributed by atoms with Gasteiger partial charge in [-0.3, -0.25) is 9.69 Å². The number of ether oxygens (including phenoxy) is 1. The van der Waals surface area contributed by atoms with Gasteiger partial charge in [-0.25, -0.2) is 0 Å². The van der Waals surface area contributed by atoms with E-state index >= 15 is 0 Å². The van der Waals surface area contributed by atoms with E-state index < -0.39 is 0 Å². The largest absolute Gasteiger partial charge is 0.495 e. The number of anilines is 1. The van der Waals surface area contributed by atoms with Crippen LogP contribution in [0.4, 0.5) is 5.69 Å². The molecule has 5 heteroatoms. The van der Waals surface area contributed by atoms with Crippen molar-refractivity contribution in [3.8, 4) is 5.75 Å². The third-order valence-corrected chi connectivity index (χ3v) is 3.27. The summed E-state index contributed by atoms with van der Waals surface area (Å²) in [7, 11) is 3.53. The highest BCUT2D eigenvalue weighted by atomic mass is 16.5. The maximum atomic E-state index is 12.0. The van der Waals surface area contributed by atoms with Gasteiger partial charge >= 0.3 is 0 Å². The van der Waals surface area contributed by atoms with Gasteiger partial charge in [0.2, 0.25) is 5.91 Å². The smallest absolute Gasteiger partial charge is 0.236 e. The summed E-state index contributed by atoms with van der Waals surface area (Å²) >= 11 is 0. The normalized spacial score (nSPS) is 10.7. The average Bonchev–Trinajstić information content (AvgIpc) is 2.40. The molecule has 0 saturated heterocycles. The molecule has 0 aliphatic heterocycles. The molecule has 0 atom stereocenters. The standard InChI is InChI=1S/C15H25N3O2/c1-5-18(6-2)15(19)11-17(3)10-12-7-8-14(20-4)13(16)9-12/h7-9H,5-6,10-11,16H2,1-4H3. The Balaban J connectivity index is 2.60. The number of nitrogen functional groups attached to an aromatic ring is 1. The first kappa shape index (κ1) is 16.3. The Morgan fingerprint density at radius 1 is 1.30 bits per heavy atom. The van der Waals surface area contributed by atoms with E-state index in [0.717, 1.165) is 18.7 Å². The van der Waals surface area contributed by atoms with E-state index in [1.165, 1.54) is 0 Å². The quantitative estimate of drug-likeness (QED) is 0.770. The van der Waals surface area contributed by atoms with Crippen molar-refractivity contribution >= 4 is 11.6 Å². The van der Waals surface area contributed by atoms with Crippen LogP contribution < -0.4 is 10.5 Å². The van der Waals surface area contributed by atoms with Crippen molar-refractivity contribution in [2.45, 2.75) is 20.4 Å². The predicted octanol–water partition coefficient (Wildman–Crippen LogP) is 1.58. The van der Waals surface area contributed by atoms with Crippen LogP contribution in [0.5, 0.6) is 5.75 Å². The van der Waals surface area contributed by atoms with Gasteiger partial charge in [-0.1, -0.05) is 6.07 Å². The Morgan fingerprint density at radius 2 is 1.95 bits per heavy atom. The van der Waals surface area contributed by atoms with E-state index in [1.54, 1.807) is 7.11 Å². The van der Waals surface area contributed by atoms with Gasteiger partial charge in [0.05, 0.1) is 19.3 Å². The number of methoxy groups -OCH3 is 1. The number of amides is 1. The van der Waals surface area contributed by atoms with Crippen LogP contribution in [0.3, 0.4) is 0 Å². The number of nitrogens with two attached hydrogens (primary N) is 1. The van der Waals surface area contributed by atoms with E-state index in [0.29, 0.717) is 24.5 Å². The van der Waals surface area contributed by atoms with Crippen molar-refractivity contribution < 1.29 is 9.53 Å². The fraction of sp³-hybridized carbons (Fsp3) is 0.533. The first-order valence-corrected chi connectivity index (χ1v) is 6.90. The Bertz CT molecular complexity index is 445. The molecule has 2 N–H and O–H groups in total. The molecule has 1 amide bonds. The number of hydrogen-bond acceptors (Lipinski definition) is 4. The van der Waals surface area contributed by atoms with Crippen molar-refractivity contribution in [3.63, 3.8) is 0 Å². The molecule has 0 aliphatic rings. The number of hydrogen-bond donors (Lipinski definition) is 1. The number of benzene rings is 1. The molecular weight excluding hydrogens is 254 g/mol. The highest BCUT2D eigenvalue weighted by Gasteiger charge is 2.12. The Morgan fingerprint density at radius 3 is 2.45 bits per heavy atom. The van der Waals surface area contributed by atoms with E-state index in [9.17, 15) is 4.79 Å². The highest BCUT2D eigenvalue weighted by molar-refractivity contribution is 5.78. The molecule has 0 fully saturated rings. The van der Waals surface area contributed by atoms with Crippen LogP contribution in [0.1, 0.15) is 19.4 Å². The maximum Gasteiger partial charge on any atom is 0.236 e. The number of carbonyl (C=O) groups excluding carboxylic acids is 1. The lowest BCUT2D eigenvalue weighted by Gasteiger charge is -2.23. The SMILES string of the molecule is CCN(CC)C(=O)CN(C)Cc1ccc(OC)c(N)c1. The summed E-state index contributed by atoms with van der Waals surface area (Å²) in [6.07, 6.45) is 0. The van der Waals surface area contributed by atoms with Crippen molar-refractivity contribution in [1.82, 2.24) is 9.80 Å². The molecule has 112 valence electrons. The summed E-state index contributed by atoms with van der Waals surface area (Å²) in [5.74, 6) is 0.828. The molecule has 0 heterocycles. The van der Waals surface area contributed by atoms with Crippen molar-refractivity contribution in [3.05, 3.63) is 23.8 Å². The van der Waals surface area contributed by atoms with Crippen LogP contribution in [0.15, 0.2) is 18.2 Å². The van der Waals surface area contributed by atoms with E-state index in [4.69, 9.17) is 10.5 Å². The molecule has 0 aliphatic carbocycles. The van der Waals surface area contributed by atoms with Crippen molar-refractivity contribution in [2.75, 3.05) is 39.5 Å². The van der Waals surface area contributed by atoms with Gasteiger partial charge in [0.1, 0.15) is 5.75 Å². The Labute approximate surface area is 121 Å². The van der Waals surface area contributed by atoms with Crippen LogP contribution in [-0.2, 0) is 11.3 Å². The lowest BCUT2D eigenvalue weighted by Crippen LogP contribution is -2.38. The number of likely N-dealkylation sites (N-methyl/N-ethyl adjacent to an activating group) is 2. The van der Waals surface area contributed by atoms with Crippen LogP contribution in [-0.4, -0.2) is 49.5 Å². The first-order chi connectivity index (χ1) is 9.51. The van der Waals surface area contributed by atoms with Gasteiger partial charge in [0.25, 0.3) is 0 Å². The summed E-state index contributed by atoms with van der Waals surface area (Å²) < 4.78 is 5.13. The van der Waals surface area contributed by atoms with Gasteiger partial charge in [-0.05, 0) is 38.6 Å². The van der Waals surface area contributed by atoms with Crippen molar-refractivity contribution in [2.24, 2.45) is 0 Å². The fourth-order valence-corrected chi connectivity index (χ4v) is 2.16. The number of nitrogens with zero attached hydrogens (tertiary/aromatic N) is 2. The summed E-state index contributed by atoms with van der Waals surface area (Å²) in [6, 6.07) is 5.70. The average molecular weight is 279 g/mol. The zero-order valence-corrected chi connectivity index (χ0v) is 12.8. The van der Waals surface area contributed by atoms with Gasteiger partial charge in [0, 0.05) is 19.6 Å². The molecule has 0 unspecified atom stereocenters. The third-order valence-electron chi connectivity index (χ3n) is 3.27. The Hall–Kier alpha value is -1.75. The highest BCUT2D eigenvalue weighted by Crippen LogP contribution is 2.22. The van der Waals surface area contributed by atoms with E-state index in [2.05, 4.69) is 0 Å². The van der Waals surface area contributed by atoms with E-state index in [-0.39, 0.29) is 5.91 Å². The second-order valence-corrected chi connectivity index (χ2v) is 4.81. The second-order valence-electron chi connectivity index (χ2n) is 4.81. The topological polar surface area (TPSA) is 58.8 Å². The van der Waals surface area contributed by atoms with Crippen LogP contribution in [0.25, 0.3) is 0 Å². The van der Waals surface area contributed by atoms with Gasteiger partial charge in [-0.2, -0.15) is 0 Å². The summed E-state index contributed by atoms with van der Waals surface area (Å²) in [5, 5.41) is 0. The molecule has 5 nitrogen and oxygen atoms in total. The van der Waals surface area contributed by atoms with Gasteiger partial charge in [0.15, 0.2) is 0 Å². The zero-order valence-electron chi connectivity index (χ0n) is 12.8. The minimum absolute atomic E-state index is 0.152. The molecule has 0 radical (unpaired) electrons. The lowest BCUT2D eigenvalue weighted by atomic mass is 10.2. The monoisotopic (exact) mass is 279 g/mol. The van der Waals surface area contributed by atoms with Crippen LogP contribution in [0.2, 0.25) is 0 Å². The summed E-state index contributed by atoms with van der Waals surface area (Å²) in [5.41, 5.74) is 7.57. The molecule has 0 saturated carbocycles. The maximum absolute atomic E-state index is 12.0. The number of rotatable bonds is 7. The fourth-order valence-electron chi connectivity index (χ4n) is 2.16. The number of carbonyl (C=O) groups is 1. The Kier molecular flexibility index (Phi) is 6.31. The predicted molar refractivity (Wildman–Crippen MR) is 81.7 cm³/mol. The molecule has 1 aromatic carbocycles. The third kappa shape index (κ3) is 4.42. The van der Waals surface area contributed by atoms with Crippen molar-refractivity contribution in [1.29, 1.82) is 0 Å². The molecule has 0 bridgehead atoms. The second kappa shape index (κ2) is 7.75. The van der Waals surface area contributed by atoms with Crippen LogP contribution in [0, 0.1) is 0 Å².